The summed E-state index contributed by atoms with van der Waals surface area (Å²) < 4.78 is 5.79. The van der Waals surface area contributed by atoms with E-state index in [1.807, 2.05) is 12.1 Å². The van der Waals surface area contributed by atoms with E-state index in [0.29, 0.717) is 5.41 Å². The molecule has 96 valence electrons. The van der Waals surface area contributed by atoms with Crippen LogP contribution in [0.2, 0.25) is 0 Å². The van der Waals surface area contributed by atoms with E-state index in [1.165, 1.54) is 5.56 Å². The van der Waals surface area contributed by atoms with Gasteiger partial charge in [-0.15, -0.1) is 0 Å². The van der Waals surface area contributed by atoms with E-state index < -0.39 is 0 Å². The first-order chi connectivity index (χ1) is 7.88. The SMILES string of the molecule is CC(C)Oc1ccccc1CNCC(C)(C)C. The molecule has 1 rings (SSSR count). The third-order valence-electron chi connectivity index (χ3n) is 2.31. The molecule has 0 aromatic heterocycles. The Balaban J connectivity index is 2.58. The van der Waals surface area contributed by atoms with E-state index in [4.69, 9.17) is 4.74 Å². The molecule has 0 unspecified atom stereocenters. The van der Waals surface area contributed by atoms with E-state index in [2.05, 4.69) is 52.1 Å². The molecule has 2 nitrogen and oxygen atoms in total. The van der Waals surface area contributed by atoms with E-state index in [9.17, 15) is 0 Å². The zero-order valence-corrected chi connectivity index (χ0v) is 11.7. The van der Waals surface area contributed by atoms with Gasteiger partial charge in [0.25, 0.3) is 0 Å². The van der Waals surface area contributed by atoms with Gasteiger partial charge in [-0.2, -0.15) is 0 Å². The highest BCUT2D eigenvalue weighted by Crippen LogP contribution is 2.19. The first-order valence-electron chi connectivity index (χ1n) is 6.34. The van der Waals surface area contributed by atoms with E-state index in [1.54, 1.807) is 0 Å². The lowest BCUT2D eigenvalue weighted by atomic mass is 9.97. The number of para-hydroxylation sites is 1. The Hall–Kier alpha value is -1.02. The van der Waals surface area contributed by atoms with Crippen LogP contribution < -0.4 is 10.1 Å². The van der Waals surface area contributed by atoms with Gasteiger partial charge in [-0.3, -0.25) is 0 Å². The Morgan fingerprint density at radius 1 is 1.18 bits per heavy atom. The molecular weight excluding hydrogens is 210 g/mol. The molecule has 0 saturated heterocycles. The second-order valence-electron chi connectivity index (χ2n) is 5.94. The molecule has 0 saturated carbocycles. The van der Waals surface area contributed by atoms with Crippen LogP contribution in [0.4, 0.5) is 0 Å². The topological polar surface area (TPSA) is 21.3 Å². The molecule has 1 aromatic rings. The molecular formula is C15H25NO. The predicted octanol–water partition coefficient (Wildman–Crippen LogP) is 3.61. The fraction of sp³-hybridized carbons (Fsp3) is 0.600. The Morgan fingerprint density at radius 2 is 1.82 bits per heavy atom. The van der Waals surface area contributed by atoms with Gasteiger partial charge in [-0.25, -0.2) is 0 Å². The summed E-state index contributed by atoms with van der Waals surface area (Å²) in [6.45, 7) is 12.7. The number of hydrogen-bond acceptors (Lipinski definition) is 2. The van der Waals surface area contributed by atoms with Gasteiger partial charge in [-0.1, -0.05) is 39.0 Å². The van der Waals surface area contributed by atoms with Crippen LogP contribution in [0.1, 0.15) is 40.2 Å². The van der Waals surface area contributed by atoms with Crippen molar-refractivity contribution in [2.45, 2.75) is 47.3 Å². The second-order valence-corrected chi connectivity index (χ2v) is 5.94. The largest absolute Gasteiger partial charge is 0.491 e. The number of rotatable bonds is 5. The molecule has 17 heavy (non-hydrogen) atoms. The second kappa shape index (κ2) is 6.06. The highest BCUT2D eigenvalue weighted by Gasteiger charge is 2.10. The van der Waals surface area contributed by atoms with Gasteiger partial charge < -0.3 is 10.1 Å². The summed E-state index contributed by atoms with van der Waals surface area (Å²) >= 11 is 0. The fourth-order valence-electron chi connectivity index (χ4n) is 1.59. The van der Waals surface area contributed by atoms with Crippen molar-refractivity contribution in [2.75, 3.05) is 6.54 Å². The molecule has 0 fully saturated rings. The molecule has 0 amide bonds. The van der Waals surface area contributed by atoms with Crippen LogP contribution in [0, 0.1) is 5.41 Å². The molecule has 1 aromatic carbocycles. The van der Waals surface area contributed by atoms with Gasteiger partial charge in [0.15, 0.2) is 0 Å². The molecule has 0 aliphatic rings. The Morgan fingerprint density at radius 3 is 2.41 bits per heavy atom. The van der Waals surface area contributed by atoms with Crippen molar-refractivity contribution < 1.29 is 4.74 Å². The van der Waals surface area contributed by atoms with Crippen LogP contribution in [0.5, 0.6) is 5.75 Å². The molecule has 0 atom stereocenters. The molecule has 0 radical (unpaired) electrons. The zero-order valence-electron chi connectivity index (χ0n) is 11.7. The molecule has 0 aliphatic heterocycles. The van der Waals surface area contributed by atoms with E-state index in [0.717, 1.165) is 18.8 Å². The van der Waals surface area contributed by atoms with Gasteiger partial charge in [0, 0.05) is 18.7 Å². The Labute approximate surface area is 105 Å². The fourth-order valence-corrected chi connectivity index (χ4v) is 1.59. The molecule has 0 spiro atoms. The standard InChI is InChI=1S/C15H25NO/c1-12(2)17-14-9-7-6-8-13(14)10-16-11-15(3,4)5/h6-9,12,16H,10-11H2,1-5H3. The maximum absolute atomic E-state index is 5.79. The zero-order chi connectivity index (χ0) is 12.9. The average molecular weight is 235 g/mol. The van der Waals surface area contributed by atoms with Crippen LogP contribution in [-0.2, 0) is 6.54 Å². The summed E-state index contributed by atoms with van der Waals surface area (Å²) in [5, 5.41) is 3.48. The average Bonchev–Trinajstić information content (AvgIpc) is 2.18. The molecule has 0 bridgehead atoms. The lowest BCUT2D eigenvalue weighted by Crippen LogP contribution is -2.26. The summed E-state index contributed by atoms with van der Waals surface area (Å²) in [7, 11) is 0. The minimum Gasteiger partial charge on any atom is -0.491 e. The number of benzene rings is 1. The van der Waals surface area contributed by atoms with Crippen molar-refractivity contribution in [1.82, 2.24) is 5.32 Å². The number of ether oxygens (including phenoxy) is 1. The first kappa shape index (κ1) is 14.0. The Kier molecular flexibility index (Phi) is 5.01. The maximum atomic E-state index is 5.79. The Bertz CT molecular complexity index is 339. The van der Waals surface area contributed by atoms with Crippen molar-refractivity contribution in [2.24, 2.45) is 5.41 Å². The highest BCUT2D eigenvalue weighted by molar-refractivity contribution is 5.33. The first-order valence-corrected chi connectivity index (χ1v) is 6.34. The van der Waals surface area contributed by atoms with Crippen molar-refractivity contribution in [3.8, 4) is 5.75 Å². The van der Waals surface area contributed by atoms with Crippen molar-refractivity contribution >= 4 is 0 Å². The highest BCUT2D eigenvalue weighted by atomic mass is 16.5. The minimum absolute atomic E-state index is 0.221. The van der Waals surface area contributed by atoms with Gasteiger partial charge >= 0.3 is 0 Å². The van der Waals surface area contributed by atoms with Gasteiger partial charge in [0.2, 0.25) is 0 Å². The summed E-state index contributed by atoms with van der Waals surface area (Å²) in [5.41, 5.74) is 1.54. The monoisotopic (exact) mass is 235 g/mol. The summed E-state index contributed by atoms with van der Waals surface area (Å²) in [5.74, 6) is 0.990. The summed E-state index contributed by atoms with van der Waals surface area (Å²) in [4.78, 5) is 0. The number of hydrogen-bond donors (Lipinski definition) is 1. The van der Waals surface area contributed by atoms with Crippen LogP contribution >= 0.6 is 0 Å². The minimum atomic E-state index is 0.221. The van der Waals surface area contributed by atoms with Gasteiger partial charge in [0.1, 0.15) is 5.75 Å². The van der Waals surface area contributed by atoms with E-state index >= 15 is 0 Å². The molecule has 0 heterocycles. The smallest absolute Gasteiger partial charge is 0.124 e. The lowest BCUT2D eigenvalue weighted by Gasteiger charge is -2.20. The van der Waals surface area contributed by atoms with Crippen LogP contribution in [-0.4, -0.2) is 12.6 Å². The quantitative estimate of drug-likeness (QED) is 0.842. The third kappa shape index (κ3) is 5.73. The summed E-state index contributed by atoms with van der Waals surface area (Å²) in [6.07, 6.45) is 0.221. The molecule has 1 N–H and O–H groups in total. The van der Waals surface area contributed by atoms with Crippen molar-refractivity contribution in [3.63, 3.8) is 0 Å². The van der Waals surface area contributed by atoms with Gasteiger partial charge in [-0.05, 0) is 25.3 Å². The summed E-state index contributed by atoms with van der Waals surface area (Å²) in [6, 6.07) is 8.23. The predicted molar refractivity (Wildman–Crippen MR) is 73.4 cm³/mol. The van der Waals surface area contributed by atoms with Crippen LogP contribution in [0.3, 0.4) is 0 Å². The third-order valence-corrected chi connectivity index (χ3v) is 2.31. The van der Waals surface area contributed by atoms with Crippen LogP contribution in [0.25, 0.3) is 0 Å². The van der Waals surface area contributed by atoms with Crippen molar-refractivity contribution in [1.29, 1.82) is 0 Å². The van der Waals surface area contributed by atoms with Gasteiger partial charge in [0.05, 0.1) is 6.10 Å². The maximum Gasteiger partial charge on any atom is 0.124 e. The van der Waals surface area contributed by atoms with E-state index in [-0.39, 0.29) is 6.10 Å². The normalized spacial score (nSPS) is 11.9. The van der Waals surface area contributed by atoms with Crippen LogP contribution in [0.15, 0.2) is 24.3 Å². The van der Waals surface area contributed by atoms with Crippen molar-refractivity contribution in [3.05, 3.63) is 29.8 Å². The lowest BCUT2D eigenvalue weighted by molar-refractivity contribution is 0.239. The number of nitrogens with one attached hydrogen (secondary N) is 1. The molecule has 2 heteroatoms. The molecule has 0 aliphatic carbocycles.